The van der Waals surface area contributed by atoms with Crippen LogP contribution in [0, 0.1) is 5.82 Å². The predicted octanol–water partition coefficient (Wildman–Crippen LogP) is 2.04. The van der Waals surface area contributed by atoms with E-state index in [4.69, 9.17) is 10.5 Å². The third-order valence-electron chi connectivity index (χ3n) is 2.29. The van der Waals surface area contributed by atoms with Gasteiger partial charge in [-0.3, -0.25) is 4.79 Å². The summed E-state index contributed by atoms with van der Waals surface area (Å²) < 4.78 is 18.0. The molecule has 3 nitrogen and oxygen atoms in total. The Bertz CT molecular complexity index is 385. The number of hydrogen-bond acceptors (Lipinski definition) is 3. The van der Waals surface area contributed by atoms with Crippen LogP contribution in [0.15, 0.2) is 24.3 Å². The number of rotatable bonds is 4. The molecule has 0 aromatic heterocycles. The second-order valence-electron chi connectivity index (χ2n) is 4.77. The number of benzene rings is 1. The van der Waals surface area contributed by atoms with Gasteiger partial charge >= 0.3 is 5.97 Å². The largest absolute Gasteiger partial charge is 0.458 e. The summed E-state index contributed by atoms with van der Waals surface area (Å²) in [6, 6.07) is 5.49. The van der Waals surface area contributed by atoms with E-state index in [1.165, 1.54) is 12.1 Å². The van der Waals surface area contributed by atoms with Crippen molar-refractivity contribution in [1.82, 2.24) is 0 Å². The molecule has 0 heterocycles. The standard InChI is InChI=1S/C13H18FNO2/c1-9(15)12(16)17-13(2,3)8-10-4-6-11(14)7-5-10/h4-7,9H,8,15H2,1-3H3. The van der Waals surface area contributed by atoms with Crippen molar-refractivity contribution in [2.24, 2.45) is 5.73 Å². The van der Waals surface area contributed by atoms with Crippen molar-refractivity contribution < 1.29 is 13.9 Å². The zero-order valence-corrected chi connectivity index (χ0v) is 10.4. The SMILES string of the molecule is CC(N)C(=O)OC(C)(C)Cc1ccc(F)cc1. The van der Waals surface area contributed by atoms with Crippen molar-refractivity contribution in [3.63, 3.8) is 0 Å². The number of esters is 1. The Labute approximate surface area is 101 Å². The minimum absolute atomic E-state index is 0.279. The number of ether oxygens (including phenoxy) is 1. The average molecular weight is 239 g/mol. The average Bonchev–Trinajstić information content (AvgIpc) is 2.20. The third-order valence-corrected chi connectivity index (χ3v) is 2.29. The molecule has 0 aliphatic rings. The molecule has 0 aliphatic heterocycles. The lowest BCUT2D eigenvalue weighted by atomic mass is 9.98. The number of halogens is 1. The normalized spacial score (nSPS) is 13.2. The molecule has 17 heavy (non-hydrogen) atoms. The molecule has 1 atom stereocenters. The molecule has 0 radical (unpaired) electrons. The van der Waals surface area contributed by atoms with Gasteiger partial charge in [0.25, 0.3) is 0 Å². The van der Waals surface area contributed by atoms with E-state index in [0.29, 0.717) is 6.42 Å². The van der Waals surface area contributed by atoms with Gasteiger partial charge in [0, 0.05) is 6.42 Å². The molecule has 1 rings (SSSR count). The van der Waals surface area contributed by atoms with Crippen LogP contribution in [0.5, 0.6) is 0 Å². The molecule has 1 aromatic carbocycles. The van der Waals surface area contributed by atoms with Crippen molar-refractivity contribution in [2.45, 2.75) is 38.8 Å². The maximum Gasteiger partial charge on any atom is 0.323 e. The topological polar surface area (TPSA) is 52.3 Å². The highest BCUT2D eigenvalue weighted by molar-refractivity contribution is 5.75. The van der Waals surface area contributed by atoms with Crippen molar-refractivity contribution in [2.75, 3.05) is 0 Å². The van der Waals surface area contributed by atoms with Gasteiger partial charge in [0.2, 0.25) is 0 Å². The number of hydrogen-bond donors (Lipinski definition) is 1. The van der Waals surface area contributed by atoms with E-state index in [0.717, 1.165) is 5.56 Å². The Morgan fingerprint density at radius 3 is 2.41 bits per heavy atom. The van der Waals surface area contributed by atoms with Crippen LogP contribution in [0.25, 0.3) is 0 Å². The summed E-state index contributed by atoms with van der Waals surface area (Å²) in [7, 11) is 0. The fourth-order valence-electron chi connectivity index (χ4n) is 1.50. The van der Waals surface area contributed by atoms with Gasteiger partial charge in [0.15, 0.2) is 0 Å². The molecule has 1 aromatic rings. The first-order chi connectivity index (χ1) is 7.80. The molecule has 1 unspecified atom stereocenters. The van der Waals surface area contributed by atoms with Gasteiger partial charge in [0.05, 0.1) is 0 Å². The molecule has 0 saturated heterocycles. The molecular weight excluding hydrogens is 221 g/mol. The van der Waals surface area contributed by atoms with E-state index >= 15 is 0 Å². The summed E-state index contributed by atoms with van der Waals surface area (Å²) in [6.45, 7) is 5.18. The lowest BCUT2D eigenvalue weighted by Crippen LogP contribution is -2.38. The summed E-state index contributed by atoms with van der Waals surface area (Å²) in [5, 5.41) is 0. The Morgan fingerprint density at radius 2 is 1.94 bits per heavy atom. The molecule has 0 amide bonds. The van der Waals surface area contributed by atoms with Crippen LogP contribution in [0.4, 0.5) is 4.39 Å². The van der Waals surface area contributed by atoms with E-state index < -0.39 is 17.6 Å². The van der Waals surface area contributed by atoms with E-state index in [-0.39, 0.29) is 5.82 Å². The quantitative estimate of drug-likeness (QED) is 0.818. The first-order valence-corrected chi connectivity index (χ1v) is 5.53. The van der Waals surface area contributed by atoms with E-state index in [1.807, 2.05) is 0 Å². The first kappa shape index (κ1) is 13.6. The molecule has 0 spiro atoms. The smallest absolute Gasteiger partial charge is 0.323 e. The maximum absolute atomic E-state index is 12.7. The fourth-order valence-corrected chi connectivity index (χ4v) is 1.50. The van der Waals surface area contributed by atoms with E-state index in [2.05, 4.69) is 0 Å². The van der Waals surface area contributed by atoms with Gasteiger partial charge in [0.1, 0.15) is 17.5 Å². The van der Waals surface area contributed by atoms with Gasteiger partial charge in [-0.05, 0) is 38.5 Å². The lowest BCUT2D eigenvalue weighted by molar-refractivity contribution is -0.157. The van der Waals surface area contributed by atoms with Gasteiger partial charge in [-0.25, -0.2) is 4.39 Å². The summed E-state index contributed by atoms with van der Waals surface area (Å²) in [6.07, 6.45) is 0.520. The Balaban J connectivity index is 2.66. The zero-order chi connectivity index (χ0) is 13.1. The van der Waals surface area contributed by atoms with Crippen molar-refractivity contribution in [1.29, 1.82) is 0 Å². The highest BCUT2D eigenvalue weighted by Crippen LogP contribution is 2.18. The second kappa shape index (κ2) is 5.27. The number of carbonyl (C=O) groups excluding carboxylic acids is 1. The minimum atomic E-state index is -0.650. The summed E-state index contributed by atoms with van der Waals surface area (Å²) in [5.74, 6) is -0.712. The molecule has 0 aliphatic carbocycles. The number of carbonyl (C=O) groups is 1. The van der Waals surface area contributed by atoms with Crippen molar-refractivity contribution in [3.8, 4) is 0 Å². The summed E-state index contributed by atoms with van der Waals surface area (Å²) in [5.41, 5.74) is 5.69. The molecule has 0 bridgehead atoms. The van der Waals surface area contributed by atoms with Crippen LogP contribution >= 0.6 is 0 Å². The Kier molecular flexibility index (Phi) is 4.23. The van der Waals surface area contributed by atoms with Gasteiger partial charge < -0.3 is 10.5 Å². The van der Waals surface area contributed by atoms with Crippen LogP contribution in [0.3, 0.4) is 0 Å². The Hall–Kier alpha value is -1.42. The highest BCUT2D eigenvalue weighted by Gasteiger charge is 2.24. The molecule has 94 valence electrons. The van der Waals surface area contributed by atoms with E-state index in [9.17, 15) is 9.18 Å². The monoisotopic (exact) mass is 239 g/mol. The zero-order valence-electron chi connectivity index (χ0n) is 10.4. The van der Waals surface area contributed by atoms with Crippen LogP contribution in [0.2, 0.25) is 0 Å². The fraction of sp³-hybridized carbons (Fsp3) is 0.462. The summed E-state index contributed by atoms with van der Waals surface area (Å²) >= 11 is 0. The molecule has 4 heteroatoms. The predicted molar refractivity (Wildman–Crippen MR) is 63.9 cm³/mol. The molecular formula is C13H18FNO2. The highest BCUT2D eigenvalue weighted by atomic mass is 19.1. The van der Waals surface area contributed by atoms with Gasteiger partial charge in [-0.2, -0.15) is 0 Å². The van der Waals surface area contributed by atoms with Crippen LogP contribution in [0.1, 0.15) is 26.3 Å². The molecule has 0 saturated carbocycles. The number of nitrogens with two attached hydrogens (primary N) is 1. The van der Waals surface area contributed by atoms with Crippen LogP contribution < -0.4 is 5.73 Å². The molecule has 2 N–H and O–H groups in total. The van der Waals surface area contributed by atoms with Crippen molar-refractivity contribution >= 4 is 5.97 Å². The first-order valence-electron chi connectivity index (χ1n) is 5.53. The minimum Gasteiger partial charge on any atom is -0.458 e. The van der Waals surface area contributed by atoms with Crippen LogP contribution in [-0.4, -0.2) is 17.6 Å². The van der Waals surface area contributed by atoms with E-state index in [1.54, 1.807) is 32.9 Å². The second-order valence-corrected chi connectivity index (χ2v) is 4.77. The lowest BCUT2D eigenvalue weighted by Gasteiger charge is -2.26. The third kappa shape index (κ3) is 4.53. The Morgan fingerprint density at radius 1 is 1.41 bits per heavy atom. The van der Waals surface area contributed by atoms with Crippen LogP contribution in [-0.2, 0) is 16.0 Å². The van der Waals surface area contributed by atoms with Gasteiger partial charge in [-0.1, -0.05) is 12.1 Å². The van der Waals surface area contributed by atoms with Crippen molar-refractivity contribution in [3.05, 3.63) is 35.6 Å². The molecule has 0 fully saturated rings. The maximum atomic E-state index is 12.7. The summed E-state index contributed by atoms with van der Waals surface area (Å²) in [4.78, 5) is 11.4. The van der Waals surface area contributed by atoms with Gasteiger partial charge in [-0.15, -0.1) is 0 Å².